The summed E-state index contributed by atoms with van der Waals surface area (Å²) in [6.45, 7) is 0. The number of carboxylic acids is 1. The molecule has 28 heavy (non-hydrogen) atoms. The molecule has 2 aromatic carbocycles. The van der Waals surface area contributed by atoms with Crippen LogP contribution in [-0.2, 0) is 9.59 Å². The molecule has 0 fully saturated rings. The van der Waals surface area contributed by atoms with Crippen LogP contribution in [0, 0.1) is 0 Å². The molecule has 0 bridgehead atoms. The fourth-order valence-electron chi connectivity index (χ4n) is 3.15. The molecule has 1 aliphatic heterocycles. The highest BCUT2D eigenvalue weighted by atomic mass is 16.5. The van der Waals surface area contributed by atoms with E-state index in [1.807, 2.05) is 48.5 Å². The van der Waals surface area contributed by atoms with Gasteiger partial charge in [-0.2, -0.15) is 5.10 Å². The molecule has 0 saturated heterocycles. The largest absolute Gasteiger partial charge is 0.497 e. The molecule has 0 unspecified atom stereocenters. The summed E-state index contributed by atoms with van der Waals surface area (Å²) < 4.78 is 10.6. The van der Waals surface area contributed by atoms with Crippen LogP contribution in [0.2, 0.25) is 0 Å². The number of carboxylic acid groups (broad SMARTS) is 1. The van der Waals surface area contributed by atoms with Crippen LogP contribution in [0.15, 0.2) is 53.6 Å². The maximum absolute atomic E-state index is 12.7. The molecule has 1 heterocycles. The van der Waals surface area contributed by atoms with Gasteiger partial charge in [-0.1, -0.05) is 24.3 Å². The van der Waals surface area contributed by atoms with Crippen molar-refractivity contribution >= 4 is 17.6 Å². The van der Waals surface area contributed by atoms with Crippen molar-refractivity contribution in [2.24, 2.45) is 5.10 Å². The molecule has 0 aliphatic carbocycles. The van der Waals surface area contributed by atoms with Gasteiger partial charge in [-0.05, 0) is 29.8 Å². The summed E-state index contributed by atoms with van der Waals surface area (Å²) in [6.07, 6.45) is 0.175. The Kier molecular flexibility index (Phi) is 5.93. The monoisotopic (exact) mass is 382 g/mol. The number of ether oxygens (including phenoxy) is 2. The van der Waals surface area contributed by atoms with Gasteiger partial charge in [-0.25, -0.2) is 5.01 Å². The number of hydrogen-bond donors (Lipinski definition) is 1. The predicted molar refractivity (Wildman–Crippen MR) is 104 cm³/mol. The Morgan fingerprint density at radius 2 is 1.75 bits per heavy atom. The van der Waals surface area contributed by atoms with Gasteiger partial charge in [-0.15, -0.1) is 0 Å². The smallest absolute Gasteiger partial charge is 0.303 e. The molecule has 1 amide bonds. The summed E-state index contributed by atoms with van der Waals surface area (Å²) in [6, 6.07) is 14.6. The van der Waals surface area contributed by atoms with Crippen molar-refractivity contribution in [1.82, 2.24) is 5.01 Å². The predicted octanol–water partition coefficient (Wildman–Crippen LogP) is 3.25. The van der Waals surface area contributed by atoms with Crippen LogP contribution < -0.4 is 9.47 Å². The molecular formula is C21H22N2O5. The minimum absolute atomic E-state index is 0.106. The van der Waals surface area contributed by atoms with E-state index in [9.17, 15) is 9.59 Å². The van der Waals surface area contributed by atoms with Gasteiger partial charge in [0.2, 0.25) is 5.91 Å². The van der Waals surface area contributed by atoms with Crippen LogP contribution in [0.1, 0.15) is 36.4 Å². The number of carbonyl (C=O) groups excluding carboxylic acids is 1. The second-order valence-corrected chi connectivity index (χ2v) is 6.41. The van der Waals surface area contributed by atoms with Gasteiger partial charge in [0, 0.05) is 18.4 Å². The SMILES string of the molecule is COc1cccc(C2=NN(C(=O)CCC(=O)O)[C@@H](c3cccc(OC)c3)C2)c1. The number of carbonyl (C=O) groups is 2. The highest BCUT2D eigenvalue weighted by Gasteiger charge is 2.33. The zero-order chi connectivity index (χ0) is 20.1. The topological polar surface area (TPSA) is 88.4 Å². The third-order valence-corrected chi connectivity index (χ3v) is 4.60. The Bertz CT molecular complexity index is 909. The highest BCUT2D eigenvalue weighted by Crippen LogP contribution is 2.35. The summed E-state index contributed by atoms with van der Waals surface area (Å²) >= 11 is 0. The number of amides is 1. The molecule has 0 aromatic heterocycles. The van der Waals surface area contributed by atoms with Crippen LogP contribution in [0.4, 0.5) is 0 Å². The van der Waals surface area contributed by atoms with Crippen molar-refractivity contribution in [3.8, 4) is 11.5 Å². The number of benzene rings is 2. The van der Waals surface area contributed by atoms with E-state index in [1.54, 1.807) is 14.2 Å². The average molecular weight is 382 g/mol. The number of methoxy groups -OCH3 is 2. The maximum Gasteiger partial charge on any atom is 0.303 e. The molecule has 0 radical (unpaired) electrons. The van der Waals surface area contributed by atoms with E-state index >= 15 is 0 Å². The van der Waals surface area contributed by atoms with Gasteiger partial charge >= 0.3 is 5.97 Å². The van der Waals surface area contributed by atoms with Crippen LogP contribution >= 0.6 is 0 Å². The van der Waals surface area contributed by atoms with Gasteiger partial charge in [0.15, 0.2) is 0 Å². The van der Waals surface area contributed by atoms with E-state index < -0.39 is 5.97 Å². The molecule has 0 spiro atoms. The van der Waals surface area contributed by atoms with Crippen LogP contribution in [-0.4, -0.2) is 41.9 Å². The first-order chi connectivity index (χ1) is 13.5. The summed E-state index contributed by atoms with van der Waals surface area (Å²) in [5.41, 5.74) is 2.49. The van der Waals surface area contributed by atoms with E-state index in [0.29, 0.717) is 17.9 Å². The molecular weight excluding hydrogens is 360 g/mol. The van der Waals surface area contributed by atoms with Gasteiger partial charge in [0.1, 0.15) is 11.5 Å². The lowest BCUT2D eigenvalue weighted by Gasteiger charge is -2.22. The van der Waals surface area contributed by atoms with E-state index in [2.05, 4.69) is 5.10 Å². The maximum atomic E-state index is 12.7. The van der Waals surface area contributed by atoms with Crippen molar-refractivity contribution in [3.63, 3.8) is 0 Å². The van der Waals surface area contributed by atoms with Crippen molar-refractivity contribution < 1.29 is 24.2 Å². The van der Waals surface area contributed by atoms with E-state index in [0.717, 1.165) is 16.8 Å². The Morgan fingerprint density at radius 1 is 1.07 bits per heavy atom. The van der Waals surface area contributed by atoms with Crippen molar-refractivity contribution in [2.45, 2.75) is 25.3 Å². The van der Waals surface area contributed by atoms with Crippen molar-refractivity contribution in [1.29, 1.82) is 0 Å². The summed E-state index contributed by atoms with van der Waals surface area (Å²) in [5, 5.41) is 14.8. The standard InChI is InChI=1S/C21H22N2O5/c1-27-16-7-3-5-14(11-16)18-13-19(15-6-4-8-17(12-15)28-2)23(22-18)20(24)9-10-21(25)26/h3-8,11-12,19H,9-10,13H2,1-2H3,(H,25,26)/t19-/m1/s1. The Balaban J connectivity index is 1.93. The second-order valence-electron chi connectivity index (χ2n) is 6.41. The van der Waals surface area contributed by atoms with E-state index in [1.165, 1.54) is 5.01 Å². The zero-order valence-corrected chi connectivity index (χ0v) is 15.8. The van der Waals surface area contributed by atoms with Crippen LogP contribution in [0.5, 0.6) is 11.5 Å². The first-order valence-electron chi connectivity index (χ1n) is 8.91. The minimum Gasteiger partial charge on any atom is -0.497 e. The number of aliphatic carboxylic acids is 1. The quantitative estimate of drug-likeness (QED) is 0.794. The first kappa shape index (κ1) is 19.4. The molecule has 2 aromatic rings. The molecule has 7 heteroatoms. The number of rotatable bonds is 7. The fourth-order valence-corrected chi connectivity index (χ4v) is 3.15. The average Bonchev–Trinajstić information content (AvgIpc) is 3.17. The molecule has 0 saturated carbocycles. The molecule has 3 rings (SSSR count). The fraction of sp³-hybridized carbons (Fsp3) is 0.286. The Hall–Kier alpha value is -3.35. The third kappa shape index (κ3) is 4.31. The minimum atomic E-state index is -1.01. The van der Waals surface area contributed by atoms with Crippen LogP contribution in [0.25, 0.3) is 0 Å². The van der Waals surface area contributed by atoms with E-state index in [4.69, 9.17) is 14.6 Å². The number of nitrogens with zero attached hydrogens (tertiary/aromatic N) is 2. The summed E-state index contributed by atoms with van der Waals surface area (Å²) in [4.78, 5) is 23.6. The number of hydrogen-bond acceptors (Lipinski definition) is 5. The van der Waals surface area contributed by atoms with Crippen LogP contribution in [0.3, 0.4) is 0 Å². The highest BCUT2D eigenvalue weighted by molar-refractivity contribution is 6.03. The van der Waals surface area contributed by atoms with Gasteiger partial charge in [0.25, 0.3) is 0 Å². The van der Waals surface area contributed by atoms with E-state index in [-0.39, 0.29) is 24.8 Å². The Labute approximate surface area is 163 Å². The van der Waals surface area contributed by atoms with Gasteiger partial charge in [-0.3, -0.25) is 9.59 Å². The lowest BCUT2D eigenvalue weighted by molar-refractivity contribution is -0.141. The summed E-state index contributed by atoms with van der Waals surface area (Å²) in [7, 11) is 3.18. The molecule has 1 atom stereocenters. The van der Waals surface area contributed by atoms with Crippen molar-refractivity contribution in [2.75, 3.05) is 14.2 Å². The molecule has 1 aliphatic rings. The lowest BCUT2D eigenvalue weighted by Crippen LogP contribution is -2.27. The molecule has 7 nitrogen and oxygen atoms in total. The summed E-state index contributed by atoms with van der Waals surface area (Å²) in [5.74, 6) is 0.0506. The first-order valence-corrected chi connectivity index (χ1v) is 8.91. The molecule has 1 N–H and O–H groups in total. The normalized spacial score (nSPS) is 15.9. The number of hydrazone groups is 1. The van der Waals surface area contributed by atoms with Crippen molar-refractivity contribution in [3.05, 3.63) is 59.7 Å². The lowest BCUT2D eigenvalue weighted by atomic mass is 9.98. The second kappa shape index (κ2) is 8.56. The zero-order valence-electron chi connectivity index (χ0n) is 15.8. The van der Waals surface area contributed by atoms with Gasteiger partial charge < -0.3 is 14.6 Å². The Morgan fingerprint density at radius 3 is 2.43 bits per heavy atom. The molecule has 146 valence electrons. The third-order valence-electron chi connectivity index (χ3n) is 4.60. The van der Waals surface area contributed by atoms with Gasteiger partial charge in [0.05, 0.1) is 32.4 Å².